The van der Waals surface area contributed by atoms with E-state index in [1.807, 2.05) is 7.05 Å². The quantitative estimate of drug-likeness (QED) is 0.620. The molecule has 7 nitrogen and oxygen atoms in total. The zero-order chi connectivity index (χ0) is 17.9. The summed E-state index contributed by atoms with van der Waals surface area (Å²) in [5.74, 6) is -2.20. The first-order chi connectivity index (χ1) is 11.3. The van der Waals surface area contributed by atoms with E-state index >= 15 is 0 Å². The Morgan fingerprint density at radius 3 is 2.75 bits per heavy atom. The van der Waals surface area contributed by atoms with Crippen molar-refractivity contribution in [3.05, 3.63) is 27.7 Å². The molecular weight excluding hydrogens is 332 g/mol. The molecule has 2 heterocycles. The molecule has 0 atom stereocenters. The van der Waals surface area contributed by atoms with E-state index in [0.29, 0.717) is 23.5 Å². The number of ether oxygens (including phenoxy) is 1. The van der Waals surface area contributed by atoms with Gasteiger partial charge in [-0.05, 0) is 32.9 Å². The van der Waals surface area contributed by atoms with E-state index in [0.717, 1.165) is 23.1 Å². The highest BCUT2D eigenvalue weighted by Crippen LogP contribution is 2.37. The van der Waals surface area contributed by atoms with Gasteiger partial charge in [-0.2, -0.15) is 0 Å². The average molecular weight is 352 g/mol. The van der Waals surface area contributed by atoms with Gasteiger partial charge in [0.15, 0.2) is 0 Å². The first kappa shape index (κ1) is 18.2. The van der Waals surface area contributed by atoms with Gasteiger partial charge in [-0.3, -0.25) is 4.79 Å². The molecule has 24 heavy (non-hydrogen) atoms. The van der Waals surface area contributed by atoms with Crippen molar-refractivity contribution in [3.63, 3.8) is 0 Å². The summed E-state index contributed by atoms with van der Waals surface area (Å²) in [4.78, 5) is 38.3. The summed E-state index contributed by atoms with van der Waals surface area (Å²) in [7, 11) is 1.99. The second kappa shape index (κ2) is 7.59. The zero-order valence-electron chi connectivity index (χ0n) is 13.8. The highest BCUT2D eigenvalue weighted by molar-refractivity contribution is 7.17. The summed E-state index contributed by atoms with van der Waals surface area (Å²) in [6.07, 6.45) is 1.54. The molecule has 0 spiro atoms. The number of esters is 1. The minimum atomic E-state index is -1.19. The Hall–Kier alpha value is -2.19. The molecule has 1 aliphatic heterocycles. The monoisotopic (exact) mass is 352 g/mol. The van der Waals surface area contributed by atoms with Gasteiger partial charge in [0.25, 0.3) is 5.91 Å². The topological polar surface area (TPSA) is 95.9 Å². The molecule has 0 saturated carbocycles. The number of amides is 1. The largest absolute Gasteiger partial charge is 0.478 e. The Labute approximate surface area is 143 Å². The van der Waals surface area contributed by atoms with Crippen molar-refractivity contribution in [2.24, 2.45) is 0 Å². The van der Waals surface area contributed by atoms with Crippen LogP contribution in [0.15, 0.2) is 11.6 Å². The number of aliphatic carboxylic acids is 1. The molecule has 0 radical (unpaired) electrons. The number of likely N-dealkylation sites (N-methyl/N-ethyl adjacent to an activating group) is 1. The van der Waals surface area contributed by atoms with E-state index in [4.69, 9.17) is 9.84 Å². The molecule has 0 aliphatic carbocycles. The van der Waals surface area contributed by atoms with Crippen molar-refractivity contribution in [2.45, 2.75) is 26.8 Å². The molecule has 8 heteroatoms. The van der Waals surface area contributed by atoms with Gasteiger partial charge >= 0.3 is 11.9 Å². The average Bonchev–Trinajstić information content (AvgIpc) is 2.83. The molecule has 2 N–H and O–H groups in total. The summed E-state index contributed by atoms with van der Waals surface area (Å²) >= 11 is 1.34. The van der Waals surface area contributed by atoms with Crippen LogP contribution in [0.25, 0.3) is 0 Å². The van der Waals surface area contributed by atoms with Crippen LogP contribution in [0.4, 0.5) is 5.00 Å². The predicted octanol–water partition coefficient (Wildman–Crippen LogP) is 1.88. The van der Waals surface area contributed by atoms with Gasteiger partial charge in [0, 0.05) is 29.6 Å². The fourth-order valence-electron chi connectivity index (χ4n) is 2.49. The van der Waals surface area contributed by atoms with E-state index in [1.54, 1.807) is 6.92 Å². The highest BCUT2D eigenvalue weighted by atomic mass is 32.1. The van der Waals surface area contributed by atoms with Crippen LogP contribution in [0, 0.1) is 0 Å². The number of fused-ring (bicyclic) bond motifs is 1. The second-order valence-corrected chi connectivity index (χ2v) is 6.64. The Kier molecular flexibility index (Phi) is 5.74. The third-order valence-electron chi connectivity index (χ3n) is 3.65. The summed E-state index contributed by atoms with van der Waals surface area (Å²) < 4.78 is 5.12. The summed E-state index contributed by atoms with van der Waals surface area (Å²) in [5.41, 5.74) is 1.36. The number of rotatable bonds is 5. The lowest BCUT2D eigenvalue weighted by Crippen LogP contribution is -2.26. The summed E-state index contributed by atoms with van der Waals surface area (Å²) in [6, 6.07) is 0. The SMILES string of the molecule is CCOC(=O)c1c(NC(=O)/C(C)=C\C(=O)O)sc2c1CCN(C)C2. The van der Waals surface area contributed by atoms with Gasteiger partial charge in [0.2, 0.25) is 0 Å². The second-order valence-electron chi connectivity index (χ2n) is 5.54. The molecule has 1 aromatic rings. The van der Waals surface area contributed by atoms with Crippen molar-refractivity contribution in [3.8, 4) is 0 Å². The number of nitrogens with zero attached hydrogens (tertiary/aromatic N) is 1. The standard InChI is InChI=1S/C16H20N2O5S/c1-4-23-16(22)13-10-5-6-18(3)8-11(10)24-15(13)17-14(21)9(2)7-12(19)20/h7H,4-6,8H2,1-3H3,(H,17,21)(H,19,20)/b9-7-. The van der Waals surface area contributed by atoms with Crippen LogP contribution in [0.1, 0.15) is 34.6 Å². The Morgan fingerprint density at radius 1 is 1.42 bits per heavy atom. The zero-order valence-corrected chi connectivity index (χ0v) is 14.7. The molecule has 0 saturated heterocycles. The smallest absolute Gasteiger partial charge is 0.341 e. The molecule has 1 aromatic heterocycles. The molecule has 0 bridgehead atoms. The van der Waals surface area contributed by atoms with E-state index in [-0.39, 0.29) is 12.2 Å². The number of nitrogens with one attached hydrogen (secondary N) is 1. The fraction of sp³-hybridized carbons (Fsp3) is 0.438. The first-order valence-corrected chi connectivity index (χ1v) is 8.37. The van der Waals surface area contributed by atoms with Crippen LogP contribution in [0.5, 0.6) is 0 Å². The normalized spacial score (nSPS) is 14.9. The van der Waals surface area contributed by atoms with Gasteiger partial charge in [-0.1, -0.05) is 0 Å². The lowest BCUT2D eigenvalue weighted by molar-refractivity contribution is -0.131. The Balaban J connectivity index is 2.36. The first-order valence-electron chi connectivity index (χ1n) is 7.56. The lowest BCUT2D eigenvalue weighted by Gasteiger charge is -2.22. The Morgan fingerprint density at radius 2 is 2.12 bits per heavy atom. The molecule has 1 amide bonds. The molecule has 130 valence electrons. The van der Waals surface area contributed by atoms with Crippen molar-refractivity contribution in [2.75, 3.05) is 25.5 Å². The molecule has 0 aromatic carbocycles. The van der Waals surface area contributed by atoms with Crippen molar-refractivity contribution < 1.29 is 24.2 Å². The minimum Gasteiger partial charge on any atom is -0.478 e. The lowest BCUT2D eigenvalue weighted by atomic mass is 10.0. The maximum Gasteiger partial charge on any atom is 0.341 e. The molecule has 1 aliphatic rings. The summed E-state index contributed by atoms with van der Waals surface area (Å²) in [5, 5.41) is 11.8. The van der Waals surface area contributed by atoms with Crippen molar-refractivity contribution >= 4 is 34.2 Å². The van der Waals surface area contributed by atoms with Gasteiger partial charge in [-0.25, -0.2) is 9.59 Å². The van der Waals surface area contributed by atoms with Crippen LogP contribution >= 0.6 is 11.3 Å². The molecule has 0 unspecified atom stereocenters. The van der Waals surface area contributed by atoms with Crippen LogP contribution in [0.3, 0.4) is 0 Å². The number of carbonyl (C=O) groups excluding carboxylic acids is 2. The minimum absolute atomic E-state index is 0.0563. The third kappa shape index (κ3) is 4.01. The van der Waals surface area contributed by atoms with E-state index in [2.05, 4.69) is 10.2 Å². The predicted molar refractivity (Wildman–Crippen MR) is 90.3 cm³/mol. The summed E-state index contributed by atoms with van der Waals surface area (Å²) in [6.45, 7) is 4.90. The Bertz CT molecular complexity index is 708. The molecule has 2 rings (SSSR count). The van der Waals surface area contributed by atoms with Gasteiger partial charge in [0.1, 0.15) is 5.00 Å². The number of carbonyl (C=O) groups is 3. The van der Waals surface area contributed by atoms with E-state index in [9.17, 15) is 14.4 Å². The van der Waals surface area contributed by atoms with Crippen LogP contribution in [-0.4, -0.2) is 48.1 Å². The highest BCUT2D eigenvalue weighted by Gasteiger charge is 2.28. The van der Waals surface area contributed by atoms with E-state index < -0.39 is 17.8 Å². The number of thiophene rings is 1. The van der Waals surface area contributed by atoms with Gasteiger partial charge in [0.05, 0.1) is 12.2 Å². The number of carboxylic acid groups (broad SMARTS) is 1. The molecular formula is C16H20N2O5S. The van der Waals surface area contributed by atoms with Crippen LogP contribution in [0.2, 0.25) is 0 Å². The number of carboxylic acids is 1. The number of hydrogen-bond acceptors (Lipinski definition) is 6. The van der Waals surface area contributed by atoms with E-state index in [1.165, 1.54) is 18.3 Å². The van der Waals surface area contributed by atoms with Crippen molar-refractivity contribution in [1.82, 2.24) is 4.90 Å². The maximum absolute atomic E-state index is 12.3. The maximum atomic E-state index is 12.3. The van der Waals surface area contributed by atoms with Gasteiger partial charge in [-0.15, -0.1) is 11.3 Å². The fourth-order valence-corrected chi connectivity index (χ4v) is 3.80. The number of anilines is 1. The number of hydrogen-bond donors (Lipinski definition) is 2. The van der Waals surface area contributed by atoms with Gasteiger partial charge < -0.3 is 20.1 Å². The molecule has 0 fully saturated rings. The van der Waals surface area contributed by atoms with Crippen LogP contribution < -0.4 is 5.32 Å². The van der Waals surface area contributed by atoms with Crippen LogP contribution in [-0.2, 0) is 27.3 Å². The van der Waals surface area contributed by atoms with Crippen molar-refractivity contribution in [1.29, 1.82) is 0 Å². The third-order valence-corrected chi connectivity index (χ3v) is 4.78.